The summed E-state index contributed by atoms with van der Waals surface area (Å²) >= 11 is 12.3. The number of rotatable bonds is 3. The van der Waals surface area contributed by atoms with E-state index in [2.05, 4.69) is 25.8 Å². The Balaban J connectivity index is 1.60. The summed E-state index contributed by atoms with van der Waals surface area (Å²) in [4.78, 5) is 16.6. The fourth-order valence-electron chi connectivity index (χ4n) is 3.04. The molecule has 1 aliphatic rings. The zero-order valence-corrected chi connectivity index (χ0v) is 18.2. The Kier molecular flexibility index (Phi) is 5.31. The van der Waals surface area contributed by atoms with Crippen LogP contribution in [0.1, 0.15) is 37.7 Å². The first-order valence-corrected chi connectivity index (χ1v) is 10.1. The van der Waals surface area contributed by atoms with Crippen molar-refractivity contribution < 1.29 is 13.9 Å². The van der Waals surface area contributed by atoms with Gasteiger partial charge in [0.25, 0.3) is 0 Å². The normalized spacial score (nSPS) is 15.4. The third kappa shape index (κ3) is 4.20. The van der Waals surface area contributed by atoms with Crippen molar-refractivity contribution in [2.45, 2.75) is 26.2 Å². The van der Waals surface area contributed by atoms with Crippen LogP contribution in [0.5, 0.6) is 0 Å². The number of nitrogens with zero attached hydrogens (tertiary/aromatic N) is 1. The topological polar surface area (TPSA) is 51.8 Å². The van der Waals surface area contributed by atoms with Crippen LogP contribution >= 0.6 is 23.2 Å². The number of aliphatic imine (C=N–C) groups is 1. The van der Waals surface area contributed by atoms with Crippen molar-refractivity contribution in [3.05, 3.63) is 87.2 Å². The number of hydrogen-bond acceptors (Lipinski definition) is 4. The molecule has 0 unspecified atom stereocenters. The fraction of sp³-hybridized carbons (Fsp3) is 0.167. The Morgan fingerprint density at radius 1 is 0.967 bits per heavy atom. The summed E-state index contributed by atoms with van der Waals surface area (Å²) < 4.78 is 11.2. The van der Waals surface area contributed by atoms with Gasteiger partial charge in [0.05, 0.1) is 5.02 Å². The van der Waals surface area contributed by atoms with E-state index in [4.69, 9.17) is 32.4 Å². The summed E-state index contributed by atoms with van der Waals surface area (Å²) in [7, 11) is 0. The van der Waals surface area contributed by atoms with Crippen LogP contribution in [0.4, 0.5) is 0 Å². The minimum atomic E-state index is -0.524. The molecule has 0 atom stereocenters. The minimum absolute atomic E-state index is 0.0423. The lowest BCUT2D eigenvalue weighted by molar-refractivity contribution is -0.129. The van der Waals surface area contributed by atoms with Crippen LogP contribution < -0.4 is 0 Å². The smallest absolute Gasteiger partial charge is 0.363 e. The van der Waals surface area contributed by atoms with Gasteiger partial charge >= 0.3 is 5.97 Å². The van der Waals surface area contributed by atoms with Crippen molar-refractivity contribution >= 4 is 41.1 Å². The second kappa shape index (κ2) is 7.78. The van der Waals surface area contributed by atoms with E-state index >= 15 is 0 Å². The predicted molar refractivity (Wildman–Crippen MR) is 120 cm³/mol. The number of ether oxygens (including phenoxy) is 1. The predicted octanol–water partition coefficient (Wildman–Crippen LogP) is 6.90. The second-order valence-corrected chi connectivity index (χ2v) is 8.83. The maximum atomic E-state index is 12.3. The molecule has 3 aromatic rings. The fourth-order valence-corrected chi connectivity index (χ4v) is 3.42. The molecule has 6 heteroatoms. The maximum absolute atomic E-state index is 12.3. The van der Waals surface area contributed by atoms with E-state index in [-0.39, 0.29) is 17.0 Å². The largest absolute Gasteiger partial charge is 0.457 e. The number of cyclic esters (lactones) is 1. The van der Waals surface area contributed by atoms with Gasteiger partial charge in [-0.1, -0.05) is 56.1 Å². The number of furan rings is 1. The average molecular weight is 440 g/mol. The van der Waals surface area contributed by atoms with Crippen molar-refractivity contribution in [3.63, 3.8) is 0 Å². The molecule has 0 aliphatic carbocycles. The number of hydrogen-bond donors (Lipinski definition) is 0. The summed E-state index contributed by atoms with van der Waals surface area (Å²) in [6, 6.07) is 16.5. The van der Waals surface area contributed by atoms with Gasteiger partial charge in [-0.3, -0.25) is 0 Å². The van der Waals surface area contributed by atoms with E-state index in [0.29, 0.717) is 27.1 Å². The first-order valence-electron chi connectivity index (χ1n) is 9.39. The van der Waals surface area contributed by atoms with Crippen molar-refractivity contribution in [3.8, 4) is 11.3 Å². The summed E-state index contributed by atoms with van der Waals surface area (Å²) in [6.45, 7) is 6.43. The number of benzene rings is 2. The molecule has 2 heterocycles. The molecule has 30 heavy (non-hydrogen) atoms. The highest BCUT2D eigenvalue weighted by atomic mass is 35.5. The number of carbonyl (C=O) groups is 1. The number of halogens is 2. The molecule has 0 radical (unpaired) electrons. The lowest BCUT2D eigenvalue weighted by atomic mass is 9.87. The Bertz CT molecular complexity index is 1180. The van der Waals surface area contributed by atoms with Crippen molar-refractivity contribution in [2.75, 3.05) is 0 Å². The molecule has 0 saturated heterocycles. The van der Waals surface area contributed by atoms with Gasteiger partial charge in [0, 0.05) is 22.2 Å². The van der Waals surface area contributed by atoms with Crippen molar-refractivity contribution in [2.24, 2.45) is 4.99 Å². The molecule has 0 N–H and O–H groups in total. The van der Waals surface area contributed by atoms with Crippen LogP contribution in [0.25, 0.3) is 17.4 Å². The molecule has 4 nitrogen and oxygen atoms in total. The van der Waals surface area contributed by atoms with E-state index in [0.717, 1.165) is 5.56 Å². The summed E-state index contributed by atoms with van der Waals surface area (Å²) in [5, 5.41) is 1.07. The van der Waals surface area contributed by atoms with Crippen LogP contribution in [0.15, 0.2) is 69.7 Å². The Labute approximate surface area is 184 Å². The third-order valence-corrected chi connectivity index (χ3v) is 5.28. The van der Waals surface area contributed by atoms with Gasteiger partial charge in [0.2, 0.25) is 5.90 Å². The van der Waals surface area contributed by atoms with E-state index in [1.54, 1.807) is 36.4 Å². The molecule has 4 rings (SSSR count). The van der Waals surface area contributed by atoms with Gasteiger partial charge in [-0.15, -0.1) is 0 Å². The Hall–Kier alpha value is -2.82. The molecule has 2 aromatic carbocycles. The van der Waals surface area contributed by atoms with Gasteiger partial charge in [-0.05, 0) is 53.4 Å². The molecule has 0 amide bonds. The lowest BCUT2D eigenvalue weighted by Crippen LogP contribution is -2.11. The van der Waals surface area contributed by atoms with Crippen LogP contribution in [-0.4, -0.2) is 11.9 Å². The van der Waals surface area contributed by atoms with E-state index < -0.39 is 5.97 Å². The standard InChI is InChI=1S/C24H19Cl2NO3/c1-24(2,3)15-6-4-14(5-7-15)22-27-20(23(28)30-22)13-17-9-11-21(29-17)18-12-16(25)8-10-19(18)26/h4-13H,1-3H3. The third-order valence-electron chi connectivity index (χ3n) is 4.72. The zero-order chi connectivity index (χ0) is 21.5. The van der Waals surface area contributed by atoms with Crippen molar-refractivity contribution in [1.82, 2.24) is 0 Å². The van der Waals surface area contributed by atoms with Gasteiger partial charge in [-0.2, -0.15) is 0 Å². The SMILES string of the molecule is CC(C)(C)c1ccc(C2=NC(=Cc3ccc(-c4cc(Cl)ccc4Cl)o3)C(=O)O2)cc1. The van der Waals surface area contributed by atoms with Crippen molar-refractivity contribution in [1.29, 1.82) is 0 Å². The molecule has 1 aliphatic heterocycles. The molecule has 0 bridgehead atoms. The minimum Gasteiger partial charge on any atom is -0.457 e. The van der Waals surface area contributed by atoms with Gasteiger partial charge < -0.3 is 9.15 Å². The number of carbonyl (C=O) groups excluding carboxylic acids is 1. The van der Waals surface area contributed by atoms with Crippen LogP contribution in [0.2, 0.25) is 10.0 Å². The first kappa shape index (κ1) is 20.5. The second-order valence-electron chi connectivity index (χ2n) is 7.99. The summed E-state index contributed by atoms with van der Waals surface area (Å²) in [5.74, 6) is 0.753. The van der Waals surface area contributed by atoms with E-state index in [1.807, 2.05) is 24.3 Å². The summed E-state index contributed by atoms with van der Waals surface area (Å²) in [5.41, 5.74) is 2.81. The molecular weight excluding hydrogens is 421 g/mol. The van der Waals surface area contributed by atoms with Crippen LogP contribution in [0, 0.1) is 0 Å². The van der Waals surface area contributed by atoms with Crippen LogP contribution in [-0.2, 0) is 14.9 Å². The molecule has 0 spiro atoms. The first-order chi connectivity index (χ1) is 14.2. The number of esters is 1. The Morgan fingerprint density at radius 3 is 2.40 bits per heavy atom. The van der Waals surface area contributed by atoms with Crippen LogP contribution in [0.3, 0.4) is 0 Å². The van der Waals surface area contributed by atoms with Gasteiger partial charge in [0.1, 0.15) is 11.5 Å². The lowest BCUT2D eigenvalue weighted by Gasteiger charge is -2.18. The molecule has 1 aromatic heterocycles. The molecule has 0 saturated carbocycles. The monoisotopic (exact) mass is 439 g/mol. The highest BCUT2D eigenvalue weighted by Crippen LogP contribution is 2.32. The van der Waals surface area contributed by atoms with Gasteiger partial charge in [-0.25, -0.2) is 9.79 Å². The zero-order valence-electron chi connectivity index (χ0n) is 16.7. The quantitative estimate of drug-likeness (QED) is 0.329. The Morgan fingerprint density at radius 2 is 1.70 bits per heavy atom. The highest BCUT2D eigenvalue weighted by Gasteiger charge is 2.25. The molecule has 0 fully saturated rings. The van der Waals surface area contributed by atoms with Gasteiger partial charge in [0.15, 0.2) is 5.70 Å². The highest BCUT2D eigenvalue weighted by molar-refractivity contribution is 6.35. The van der Waals surface area contributed by atoms with E-state index in [1.165, 1.54) is 5.56 Å². The van der Waals surface area contributed by atoms with E-state index in [9.17, 15) is 4.79 Å². The average Bonchev–Trinajstić information content (AvgIpc) is 3.30. The maximum Gasteiger partial charge on any atom is 0.363 e. The summed E-state index contributed by atoms with van der Waals surface area (Å²) in [6.07, 6.45) is 1.54. The molecular formula is C24H19Cl2NO3. The molecule has 152 valence electrons.